The van der Waals surface area contributed by atoms with E-state index < -0.39 is 16.2 Å². The number of carbonyl (C=O) groups is 2. The molecule has 1 aromatic heterocycles. The van der Waals surface area contributed by atoms with E-state index in [9.17, 15) is 23.1 Å². The van der Waals surface area contributed by atoms with E-state index in [1.807, 2.05) is 0 Å². The summed E-state index contributed by atoms with van der Waals surface area (Å²) in [6.07, 6.45) is 2.23. The molecule has 5 N–H and O–H groups in total. The Kier molecular flexibility index (Phi) is 4.54. The van der Waals surface area contributed by atoms with Gasteiger partial charge in [0.2, 0.25) is 5.91 Å². The number of rotatable bonds is 4. The zero-order valence-corrected chi connectivity index (χ0v) is 12.6. The lowest BCUT2D eigenvalue weighted by molar-refractivity contribution is -0.130. The van der Waals surface area contributed by atoms with Gasteiger partial charge in [-0.05, 0) is 30.4 Å². The molecule has 0 atom stereocenters. The Morgan fingerprint density at radius 1 is 1.32 bits per heavy atom. The van der Waals surface area contributed by atoms with Gasteiger partial charge in [-0.2, -0.15) is 8.42 Å². The minimum atomic E-state index is -4.17. The molecule has 0 unspecified atom stereocenters. The lowest BCUT2D eigenvalue weighted by Gasteiger charge is -2.31. The predicted molar refractivity (Wildman–Crippen MR) is 77.5 cm³/mol. The van der Waals surface area contributed by atoms with Crippen molar-refractivity contribution in [3.05, 3.63) is 23.5 Å². The molecule has 0 bridgehead atoms. The average molecular weight is 330 g/mol. The van der Waals surface area contributed by atoms with Crippen LogP contribution in [0.3, 0.4) is 0 Å². The van der Waals surface area contributed by atoms with Crippen molar-refractivity contribution in [1.82, 2.24) is 8.87 Å². The number of likely N-dealkylation sites (tertiary alicyclic amines) is 1. The van der Waals surface area contributed by atoms with E-state index in [2.05, 4.69) is 0 Å². The maximum Gasteiger partial charge on any atom is 0.353 e. The summed E-state index contributed by atoms with van der Waals surface area (Å²) in [6.45, 7) is 0.855. The fourth-order valence-electron chi connectivity index (χ4n) is 2.76. The van der Waals surface area contributed by atoms with Gasteiger partial charge in [-0.1, -0.05) is 0 Å². The number of hydrogen-bond donors (Lipinski definition) is 3. The summed E-state index contributed by atoms with van der Waals surface area (Å²) < 4.78 is 23.5. The highest BCUT2D eigenvalue weighted by atomic mass is 32.2. The molecule has 22 heavy (non-hydrogen) atoms. The number of carboxylic acids is 1. The van der Waals surface area contributed by atoms with E-state index >= 15 is 0 Å². The molecule has 1 aliphatic rings. The van der Waals surface area contributed by atoms with Crippen LogP contribution in [0, 0.1) is 0 Å². The van der Waals surface area contributed by atoms with E-state index in [0.29, 0.717) is 35.5 Å². The van der Waals surface area contributed by atoms with Crippen LogP contribution in [-0.2, 0) is 15.0 Å². The van der Waals surface area contributed by atoms with Crippen LogP contribution in [-0.4, -0.2) is 53.9 Å². The molecule has 2 rings (SSSR count). The number of piperidine rings is 1. The van der Waals surface area contributed by atoms with Crippen molar-refractivity contribution < 1.29 is 23.1 Å². The Hall–Kier alpha value is -1.91. The number of nitrogens with zero attached hydrogens (tertiary/aromatic N) is 2. The smallest absolute Gasteiger partial charge is 0.353 e. The number of nitrogens with two attached hydrogens (primary N) is 2. The molecule has 1 aliphatic heterocycles. The first-order valence-electron chi connectivity index (χ1n) is 6.71. The molecule has 1 amide bonds. The fraction of sp³-hybridized carbons (Fsp3) is 0.500. The second-order valence-electron chi connectivity index (χ2n) is 5.12. The molecule has 122 valence electrons. The van der Waals surface area contributed by atoms with E-state index in [1.165, 1.54) is 6.07 Å². The number of amides is 1. The zero-order chi connectivity index (χ0) is 16.5. The molecule has 0 saturated carbocycles. The highest BCUT2D eigenvalue weighted by Crippen LogP contribution is 2.31. The first-order valence-corrected chi connectivity index (χ1v) is 8.21. The maximum atomic E-state index is 11.5. The maximum absolute atomic E-state index is 11.5. The molecule has 0 radical (unpaired) electrons. The number of carboxylic acid groups (broad SMARTS) is 1. The standard InChI is InChI=1S/C12H18N4O5S/c13-7-10(17)15-4-1-8(2-5-15)9-3-6-16(22(14,20)21)11(9)12(18)19/h3,6,8H,1-2,4-5,7,13H2,(H,18,19)(H2,14,20,21). The minimum absolute atomic E-state index is 0.0627. The monoisotopic (exact) mass is 330 g/mol. The van der Waals surface area contributed by atoms with Gasteiger partial charge in [0, 0.05) is 19.3 Å². The third-order valence-electron chi connectivity index (χ3n) is 3.82. The van der Waals surface area contributed by atoms with Crippen LogP contribution in [0.5, 0.6) is 0 Å². The summed E-state index contributed by atoms with van der Waals surface area (Å²) in [4.78, 5) is 24.5. The number of hydrogen-bond acceptors (Lipinski definition) is 5. The van der Waals surface area contributed by atoms with Crippen molar-refractivity contribution in [3.63, 3.8) is 0 Å². The average Bonchev–Trinajstić information content (AvgIpc) is 2.91. The summed E-state index contributed by atoms with van der Waals surface area (Å²) in [6, 6.07) is 1.46. The van der Waals surface area contributed by atoms with Crippen LogP contribution in [0.15, 0.2) is 12.3 Å². The van der Waals surface area contributed by atoms with Crippen LogP contribution < -0.4 is 10.9 Å². The summed E-state index contributed by atoms with van der Waals surface area (Å²) in [7, 11) is -4.17. The summed E-state index contributed by atoms with van der Waals surface area (Å²) in [5.41, 5.74) is 5.39. The lowest BCUT2D eigenvalue weighted by Crippen LogP contribution is -2.41. The largest absolute Gasteiger partial charge is 0.477 e. The van der Waals surface area contributed by atoms with Gasteiger partial charge in [-0.3, -0.25) is 4.79 Å². The lowest BCUT2D eigenvalue weighted by atomic mass is 9.89. The third kappa shape index (κ3) is 3.13. The Bertz CT molecular complexity index is 688. The van der Waals surface area contributed by atoms with Gasteiger partial charge >= 0.3 is 16.2 Å². The Morgan fingerprint density at radius 3 is 2.36 bits per heavy atom. The molecule has 0 aromatic carbocycles. The fourth-order valence-corrected chi connectivity index (χ4v) is 3.43. The summed E-state index contributed by atoms with van der Waals surface area (Å²) in [5, 5.41) is 14.3. The second kappa shape index (κ2) is 6.07. The Morgan fingerprint density at radius 2 is 1.91 bits per heavy atom. The summed E-state index contributed by atoms with van der Waals surface area (Å²) >= 11 is 0. The van der Waals surface area contributed by atoms with Crippen molar-refractivity contribution in [3.8, 4) is 0 Å². The topological polar surface area (TPSA) is 149 Å². The number of carbonyl (C=O) groups excluding carboxylic acids is 1. The van der Waals surface area contributed by atoms with E-state index in [4.69, 9.17) is 10.9 Å². The van der Waals surface area contributed by atoms with Gasteiger partial charge < -0.3 is 15.7 Å². The van der Waals surface area contributed by atoms with Crippen molar-refractivity contribution >= 4 is 22.1 Å². The molecular formula is C12H18N4O5S. The van der Waals surface area contributed by atoms with Gasteiger partial charge in [0.25, 0.3) is 0 Å². The number of aromatic nitrogens is 1. The first kappa shape index (κ1) is 16.5. The molecule has 2 heterocycles. The molecule has 0 aliphatic carbocycles. The predicted octanol–water partition coefficient (Wildman–Crippen LogP) is -1.10. The van der Waals surface area contributed by atoms with Gasteiger partial charge in [0.15, 0.2) is 0 Å². The molecular weight excluding hydrogens is 312 g/mol. The highest BCUT2D eigenvalue weighted by Gasteiger charge is 2.30. The zero-order valence-electron chi connectivity index (χ0n) is 11.8. The molecule has 1 aromatic rings. The van der Waals surface area contributed by atoms with Crippen LogP contribution in [0.2, 0.25) is 0 Å². The minimum Gasteiger partial charge on any atom is -0.477 e. The van der Waals surface area contributed by atoms with Crippen molar-refractivity contribution in [2.75, 3.05) is 19.6 Å². The Balaban J connectivity index is 2.26. The quantitative estimate of drug-likeness (QED) is 0.638. The summed E-state index contributed by atoms with van der Waals surface area (Å²) in [5.74, 6) is -1.65. The van der Waals surface area contributed by atoms with E-state index in [-0.39, 0.29) is 24.1 Å². The Labute approximate surface area is 127 Å². The van der Waals surface area contributed by atoms with Gasteiger partial charge in [-0.25, -0.2) is 13.9 Å². The molecule has 1 fully saturated rings. The van der Waals surface area contributed by atoms with Gasteiger partial charge in [0.1, 0.15) is 5.69 Å². The van der Waals surface area contributed by atoms with Crippen molar-refractivity contribution in [2.45, 2.75) is 18.8 Å². The van der Waals surface area contributed by atoms with Gasteiger partial charge in [-0.15, -0.1) is 0 Å². The first-order chi connectivity index (χ1) is 10.3. The van der Waals surface area contributed by atoms with Crippen molar-refractivity contribution in [2.24, 2.45) is 10.9 Å². The van der Waals surface area contributed by atoms with Gasteiger partial charge in [0.05, 0.1) is 6.54 Å². The number of aromatic carboxylic acids is 1. The van der Waals surface area contributed by atoms with E-state index in [1.54, 1.807) is 4.90 Å². The highest BCUT2D eigenvalue weighted by molar-refractivity contribution is 7.87. The third-order valence-corrected chi connectivity index (χ3v) is 4.67. The second-order valence-corrected chi connectivity index (χ2v) is 6.55. The molecule has 1 saturated heterocycles. The van der Waals surface area contributed by atoms with Crippen LogP contribution >= 0.6 is 0 Å². The van der Waals surface area contributed by atoms with Crippen LogP contribution in [0.4, 0.5) is 0 Å². The molecule has 10 heteroatoms. The van der Waals surface area contributed by atoms with E-state index in [0.717, 1.165) is 6.20 Å². The molecule has 9 nitrogen and oxygen atoms in total. The molecule has 0 spiro atoms. The normalized spacial score (nSPS) is 16.7. The van der Waals surface area contributed by atoms with Crippen LogP contribution in [0.25, 0.3) is 0 Å². The van der Waals surface area contributed by atoms with Crippen molar-refractivity contribution in [1.29, 1.82) is 0 Å². The SMILES string of the molecule is NCC(=O)N1CCC(c2ccn(S(N)(=O)=O)c2C(=O)O)CC1. The van der Waals surface area contributed by atoms with Crippen LogP contribution in [0.1, 0.15) is 34.8 Å².